The van der Waals surface area contributed by atoms with Crippen molar-refractivity contribution >= 4 is 35.1 Å². The molecule has 0 aliphatic heterocycles. The molecule has 4 rings (SSSR count). The van der Waals surface area contributed by atoms with Gasteiger partial charge in [-0.25, -0.2) is 0 Å². The third-order valence-electron chi connectivity index (χ3n) is 4.42. The number of benzene rings is 3. The molecular formula is C23H20ClN3S2. The van der Waals surface area contributed by atoms with Crippen molar-refractivity contribution in [3.8, 4) is 5.69 Å². The molecule has 0 spiro atoms. The lowest BCUT2D eigenvalue weighted by atomic mass is 10.2. The second-order valence-electron chi connectivity index (χ2n) is 6.55. The monoisotopic (exact) mass is 437 g/mol. The molecule has 0 aliphatic carbocycles. The molecule has 0 saturated heterocycles. The zero-order chi connectivity index (χ0) is 20.1. The highest BCUT2D eigenvalue weighted by molar-refractivity contribution is 7.98. The molecule has 146 valence electrons. The average molecular weight is 438 g/mol. The van der Waals surface area contributed by atoms with Crippen molar-refractivity contribution in [2.75, 3.05) is 0 Å². The van der Waals surface area contributed by atoms with E-state index in [4.69, 9.17) is 11.6 Å². The van der Waals surface area contributed by atoms with Crippen LogP contribution < -0.4 is 0 Å². The van der Waals surface area contributed by atoms with E-state index in [0.29, 0.717) is 0 Å². The van der Waals surface area contributed by atoms with Gasteiger partial charge in [0.1, 0.15) is 5.82 Å². The average Bonchev–Trinajstić information content (AvgIpc) is 3.16. The van der Waals surface area contributed by atoms with Crippen LogP contribution in [0.5, 0.6) is 0 Å². The number of para-hydroxylation sites is 1. The van der Waals surface area contributed by atoms with E-state index in [1.54, 1.807) is 23.5 Å². The highest BCUT2D eigenvalue weighted by atomic mass is 35.5. The standard InChI is InChI=1S/C23H20ClN3S2/c1-17-11-13-20(14-12-17)28-16-22-25-26-23(27(22)19-8-3-2-4-9-19)29-15-18-7-5-6-10-21(18)24/h2-14H,15-16H2,1H3. The maximum Gasteiger partial charge on any atom is 0.196 e. The maximum atomic E-state index is 6.32. The first-order valence-corrected chi connectivity index (χ1v) is 11.6. The molecule has 0 amide bonds. The number of hydrogen-bond acceptors (Lipinski definition) is 4. The zero-order valence-corrected chi connectivity index (χ0v) is 18.3. The van der Waals surface area contributed by atoms with Crippen LogP contribution in [0.15, 0.2) is 88.9 Å². The van der Waals surface area contributed by atoms with Gasteiger partial charge in [0.05, 0.1) is 5.75 Å². The summed E-state index contributed by atoms with van der Waals surface area (Å²) >= 11 is 9.74. The van der Waals surface area contributed by atoms with Crippen molar-refractivity contribution in [3.05, 3.63) is 101 Å². The molecule has 3 nitrogen and oxygen atoms in total. The lowest BCUT2D eigenvalue weighted by molar-refractivity contribution is 0.864. The molecule has 29 heavy (non-hydrogen) atoms. The lowest BCUT2D eigenvalue weighted by Crippen LogP contribution is -2.02. The summed E-state index contributed by atoms with van der Waals surface area (Å²) in [5.41, 5.74) is 3.43. The molecular weight excluding hydrogens is 418 g/mol. The van der Waals surface area contributed by atoms with E-state index in [1.165, 1.54) is 10.5 Å². The van der Waals surface area contributed by atoms with E-state index in [2.05, 4.69) is 58.1 Å². The van der Waals surface area contributed by atoms with E-state index in [9.17, 15) is 0 Å². The predicted octanol–water partition coefficient (Wildman–Crippen LogP) is 6.81. The van der Waals surface area contributed by atoms with Gasteiger partial charge in [0, 0.05) is 21.4 Å². The van der Waals surface area contributed by atoms with E-state index in [-0.39, 0.29) is 0 Å². The van der Waals surface area contributed by atoms with Crippen molar-refractivity contribution in [1.82, 2.24) is 14.8 Å². The Morgan fingerprint density at radius 3 is 2.28 bits per heavy atom. The van der Waals surface area contributed by atoms with Crippen LogP contribution in [0.1, 0.15) is 17.0 Å². The Morgan fingerprint density at radius 1 is 0.793 bits per heavy atom. The van der Waals surface area contributed by atoms with Gasteiger partial charge in [-0.05, 0) is 42.8 Å². The van der Waals surface area contributed by atoms with Gasteiger partial charge in [-0.3, -0.25) is 4.57 Å². The summed E-state index contributed by atoms with van der Waals surface area (Å²) < 4.78 is 2.14. The predicted molar refractivity (Wildman–Crippen MR) is 123 cm³/mol. The Balaban J connectivity index is 1.58. The van der Waals surface area contributed by atoms with Crippen molar-refractivity contribution in [2.24, 2.45) is 0 Å². The van der Waals surface area contributed by atoms with E-state index < -0.39 is 0 Å². The van der Waals surface area contributed by atoms with Crippen molar-refractivity contribution < 1.29 is 0 Å². The molecule has 1 aromatic heterocycles. The van der Waals surface area contributed by atoms with Crippen molar-refractivity contribution in [1.29, 1.82) is 0 Å². The summed E-state index contributed by atoms with van der Waals surface area (Å²) in [6, 6.07) is 26.8. The summed E-state index contributed by atoms with van der Waals surface area (Å²) in [6.07, 6.45) is 0. The summed E-state index contributed by atoms with van der Waals surface area (Å²) in [5, 5.41) is 10.6. The first kappa shape index (κ1) is 20.1. The largest absolute Gasteiger partial charge is 0.273 e. The summed E-state index contributed by atoms with van der Waals surface area (Å²) in [6.45, 7) is 2.10. The fourth-order valence-corrected chi connectivity index (χ4v) is 4.93. The molecule has 0 N–H and O–H groups in total. The third kappa shape index (κ3) is 5.04. The molecule has 1 heterocycles. The summed E-state index contributed by atoms with van der Waals surface area (Å²) in [7, 11) is 0. The molecule has 0 radical (unpaired) electrons. The molecule has 0 saturated carbocycles. The second kappa shape index (κ2) is 9.53. The van der Waals surface area contributed by atoms with E-state index in [0.717, 1.165) is 38.8 Å². The van der Waals surface area contributed by atoms with Crippen LogP contribution in [0.25, 0.3) is 5.69 Å². The SMILES string of the molecule is Cc1ccc(SCc2nnc(SCc3ccccc3Cl)n2-c2ccccc2)cc1. The first-order valence-electron chi connectivity index (χ1n) is 9.26. The van der Waals surface area contributed by atoms with Crippen LogP contribution in [0.2, 0.25) is 5.02 Å². The summed E-state index contributed by atoms with van der Waals surface area (Å²) in [5.74, 6) is 2.43. The Bertz CT molecular complexity index is 1080. The molecule has 3 aromatic carbocycles. The molecule has 0 bridgehead atoms. The zero-order valence-electron chi connectivity index (χ0n) is 16.0. The van der Waals surface area contributed by atoms with Gasteiger partial charge in [0.25, 0.3) is 0 Å². The van der Waals surface area contributed by atoms with Crippen LogP contribution >= 0.6 is 35.1 Å². The minimum Gasteiger partial charge on any atom is -0.273 e. The Kier molecular flexibility index (Phi) is 6.60. The Hall–Kier alpha value is -2.21. The number of aryl methyl sites for hydroxylation is 1. The van der Waals surface area contributed by atoms with Gasteiger partial charge < -0.3 is 0 Å². The number of rotatable bonds is 7. The molecule has 0 aliphatic rings. The van der Waals surface area contributed by atoms with Gasteiger partial charge in [-0.1, -0.05) is 77.5 Å². The Labute approximate surface area is 184 Å². The highest BCUT2D eigenvalue weighted by Gasteiger charge is 2.15. The minimum atomic E-state index is 0.746. The van der Waals surface area contributed by atoms with Crippen LogP contribution in [-0.2, 0) is 11.5 Å². The topological polar surface area (TPSA) is 30.7 Å². The summed E-state index contributed by atoms with van der Waals surface area (Å²) in [4.78, 5) is 1.23. The second-order valence-corrected chi connectivity index (χ2v) is 8.95. The minimum absolute atomic E-state index is 0.746. The van der Waals surface area contributed by atoms with Crippen LogP contribution in [-0.4, -0.2) is 14.8 Å². The fourth-order valence-electron chi connectivity index (χ4n) is 2.86. The number of aromatic nitrogens is 3. The van der Waals surface area contributed by atoms with E-state index >= 15 is 0 Å². The quantitative estimate of drug-likeness (QED) is 0.297. The number of hydrogen-bond donors (Lipinski definition) is 0. The van der Waals surface area contributed by atoms with Crippen LogP contribution in [0, 0.1) is 6.92 Å². The lowest BCUT2D eigenvalue weighted by Gasteiger charge is -2.10. The van der Waals surface area contributed by atoms with Gasteiger partial charge in [0.15, 0.2) is 5.16 Å². The fraction of sp³-hybridized carbons (Fsp3) is 0.130. The van der Waals surface area contributed by atoms with Gasteiger partial charge in [-0.2, -0.15) is 0 Å². The van der Waals surface area contributed by atoms with Crippen LogP contribution in [0.3, 0.4) is 0 Å². The molecule has 0 fully saturated rings. The van der Waals surface area contributed by atoms with Crippen molar-refractivity contribution in [2.45, 2.75) is 28.5 Å². The Morgan fingerprint density at radius 2 is 1.52 bits per heavy atom. The van der Waals surface area contributed by atoms with E-state index in [1.807, 2.05) is 42.5 Å². The molecule has 0 atom stereocenters. The van der Waals surface area contributed by atoms with Crippen molar-refractivity contribution in [3.63, 3.8) is 0 Å². The number of thioether (sulfide) groups is 2. The highest BCUT2D eigenvalue weighted by Crippen LogP contribution is 2.30. The molecule has 4 aromatic rings. The third-order valence-corrected chi connectivity index (χ3v) is 6.77. The number of halogens is 1. The van der Waals surface area contributed by atoms with Gasteiger partial charge in [-0.15, -0.1) is 22.0 Å². The molecule has 6 heteroatoms. The number of nitrogens with zero attached hydrogens (tertiary/aromatic N) is 3. The smallest absolute Gasteiger partial charge is 0.196 e. The normalized spacial score (nSPS) is 11.0. The first-order chi connectivity index (χ1) is 14.2. The maximum absolute atomic E-state index is 6.32. The van der Waals surface area contributed by atoms with Gasteiger partial charge in [0.2, 0.25) is 0 Å². The molecule has 0 unspecified atom stereocenters. The van der Waals surface area contributed by atoms with Gasteiger partial charge >= 0.3 is 0 Å². The van der Waals surface area contributed by atoms with Crippen LogP contribution in [0.4, 0.5) is 0 Å².